The third-order valence-electron chi connectivity index (χ3n) is 3.25. The molecule has 0 bridgehead atoms. The second kappa shape index (κ2) is 6.71. The lowest BCUT2D eigenvalue weighted by atomic mass is 10.1. The SMILES string of the molecule is Cc1cnc(NC(N)=O)c(=O)n1Cc1cc(C(F)(F)F)cc(Cl)c1F. The van der Waals surface area contributed by atoms with Crippen molar-refractivity contribution in [1.82, 2.24) is 9.55 Å². The number of primary amides is 1. The van der Waals surface area contributed by atoms with Crippen LogP contribution < -0.4 is 16.6 Å². The predicted octanol–water partition coefficient (Wildman–Crippen LogP) is 2.90. The molecule has 0 atom stereocenters. The van der Waals surface area contributed by atoms with Gasteiger partial charge in [-0.1, -0.05) is 11.6 Å². The molecule has 2 aromatic rings. The molecule has 0 spiro atoms. The van der Waals surface area contributed by atoms with Crippen LogP contribution in [-0.2, 0) is 12.7 Å². The van der Waals surface area contributed by atoms with E-state index in [0.717, 1.165) is 4.57 Å². The number of rotatable bonds is 3. The molecule has 3 N–H and O–H groups in total. The Kier molecular flexibility index (Phi) is 5.02. The molecular formula is C14H11ClF4N4O2. The van der Waals surface area contributed by atoms with Crippen molar-refractivity contribution in [3.05, 3.63) is 56.3 Å². The lowest BCUT2D eigenvalue weighted by molar-refractivity contribution is -0.137. The average molecular weight is 379 g/mol. The summed E-state index contributed by atoms with van der Waals surface area (Å²) >= 11 is 5.52. The van der Waals surface area contributed by atoms with Gasteiger partial charge in [0.05, 0.1) is 17.1 Å². The minimum absolute atomic E-state index is 0.230. The van der Waals surface area contributed by atoms with E-state index in [0.29, 0.717) is 12.1 Å². The van der Waals surface area contributed by atoms with E-state index in [1.807, 2.05) is 5.32 Å². The highest BCUT2D eigenvalue weighted by Crippen LogP contribution is 2.33. The largest absolute Gasteiger partial charge is 0.416 e. The van der Waals surface area contributed by atoms with E-state index < -0.39 is 52.1 Å². The summed E-state index contributed by atoms with van der Waals surface area (Å²) in [5, 5.41) is 1.26. The second-order valence-corrected chi connectivity index (χ2v) is 5.46. The number of hydrogen-bond donors (Lipinski definition) is 2. The molecule has 0 saturated carbocycles. The first-order valence-corrected chi connectivity index (χ1v) is 7.06. The molecule has 2 amide bonds. The zero-order valence-electron chi connectivity index (χ0n) is 12.6. The molecule has 0 saturated heterocycles. The summed E-state index contributed by atoms with van der Waals surface area (Å²) in [6.07, 6.45) is -3.55. The van der Waals surface area contributed by atoms with Crippen molar-refractivity contribution in [2.24, 2.45) is 5.73 Å². The smallest absolute Gasteiger partial charge is 0.351 e. The Hall–Kier alpha value is -2.62. The molecule has 0 unspecified atom stereocenters. The second-order valence-electron chi connectivity index (χ2n) is 5.06. The summed E-state index contributed by atoms with van der Waals surface area (Å²) in [6, 6.07) is -0.0227. The fraction of sp³-hybridized carbons (Fsp3) is 0.214. The van der Waals surface area contributed by atoms with Crippen molar-refractivity contribution in [2.75, 3.05) is 5.32 Å². The molecule has 0 fully saturated rings. The van der Waals surface area contributed by atoms with Crippen molar-refractivity contribution < 1.29 is 22.4 Å². The third-order valence-corrected chi connectivity index (χ3v) is 3.53. The van der Waals surface area contributed by atoms with Crippen LogP contribution in [0, 0.1) is 12.7 Å². The number of nitrogens with zero attached hydrogens (tertiary/aromatic N) is 2. The molecule has 0 aliphatic carbocycles. The lowest BCUT2D eigenvalue weighted by Gasteiger charge is -2.15. The maximum atomic E-state index is 14.1. The Balaban J connectivity index is 2.55. The summed E-state index contributed by atoms with van der Waals surface area (Å²) in [5.74, 6) is -1.52. The molecule has 11 heteroatoms. The number of aryl methyl sites for hydroxylation is 1. The maximum absolute atomic E-state index is 14.1. The van der Waals surface area contributed by atoms with Crippen molar-refractivity contribution in [3.8, 4) is 0 Å². The van der Waals surface area contributed by atoms with Gasteiger partial charge in [-0.3, -0.25) is 10.1 Å². The molecule has 0 aliphatic heterocycles. The summed E-state index contributed by atoms with van der Waals surface area (Å²) < 4.78 is 53.6. The van der Waals surface area contributed by atoms with Crippen molar-refractivity contribution >= 4 is 23.4 Å². The molecule has 1 heterocycles. The number of aromatic nitrogens is 2. The first-order chi connectivity index (χ1) is 11.5. The highest BCUT2D eigenvalue weighted by molar-refractivity contribution is 6.30. The van der Waals surface area contributed by atoms with Crippen molar-refractivity contribution in [2.45, 2.75) is 19.6 Å². The number of nitrogens with one attached hydrogen (secondary N) is 1. The number of hydrogen-bond acceptors (Lipinski definition) is 3. The Morgan fingerprint density at radius 1 is 1.40 bits per heavy atom. The number of carbonyl (C=O) groups excluding carboxylic acids is 1. The van der Waals surface area contributed by atoms with E-state index in [9.17, 15) is 27.2 Å². The van der Waals surface area contributed by atoms with E-state index in [4.69, 9.17) is 17.3 Å². The van der Waals surface area contributed by atoms with Crippen molar-refractivity contribution in [1.29, 1.82) is 0 Å². The molecule has 134 valence electrons. The number of anilines is 1. The zero-order valence-corrected chi connectivity index (χ0v) is 13.4. The summed E-state index contributed by atoms with van der Waals surface area (Å²) in [5.41, 5.74) is 2.69. The van der Waals surface area contributed by atoms with Crippen LogP contribution in [0.2, 0.25) is 5.02 Å². The minimum atomic E-state index is -4.73. The van der Waals surface area contributed by atoms with Gasteiger partial charge >= 0.3 is 12.2 Å². The van der Waals surface area contributed by atoms with Gasteiger partial charge in [-0.2, -0.15) is 13.2 Å². The first kappa shape index (κ1) is 18.7. The van der Waals surface area contributed by atoms with Crippen LogP contribution in [0.1, 0.15) is 16.8 Å². The Bertz CT molecular complexity index is 896. The number of urea groups is 1. The monoisotopic (exact) mass is 378 g/mol. The normalized spacial score (nSPS) is 11.4. The topological polar surface area (TPSA) is 90.0 Å². The average Bonchev–Trinajstić information content (AvgIpc) is 2.49. The molecule has 0 radical (unpaired) electrons. The molecular weight excluding hydrogens is 368 g/mol. The lowest BCUT2D eigenvalue weighted by Crippen LogP contribution is -2.31. The number of carbonyl (C=O) groups is 1. The number of benzene rings is 1. The highest BCUT2D eigenvalue weighted by atomic mass is 35.5. The Morgan fingerprint density at radius 2 is 2.04 bits per heavy atom. The molecule has 6 nitrogen and oxygen atoms in total. The van der Waals surface area contributed by atoms with Crippen LogP contribution in [0.4, 0.5) is 28.2 Å². The van der Waals surface area contributed by atoms with E-state index >= 15 is 0 Å². The molecule has 25 heavy (non-hydrogen) atoms. The standard InChI is InChI=1S/C14H11ClF4N4O2/c1-6-4-21-11(22-13(20)25)12(24)23(6)5-7-2-8(14(17,18)19)3-9(15)10(7)16/h2-4H,5H2,1H3,(H3,20,21,22,25). The number of halogens is 5. The molecule has 1 aromatic carbocycles. The van der Waals surface area contributed by atoms with Crippen LogP contribution in [0.25, 0.3) is 0 Å². The quantitative estimate of drug-likeness (QED) is 0.805. The third kappa shape index (κ3) is 4.08. The number of alkyl halides is 3. The van der Waals surface area contributed by atoms with Gasteiger partial charge < -0.3 is 10.3 Å². The van der Waals surface area contributed by atoms with Gasteiger partial charge in [-0.05, 0) is 19.1 Å². The van der Waals surface area contributed by atoms with Gasteiger partial charge in [-0.15, -0.1) is 0 Å². The molecule has 1 aromatic heterocycles. The van der Waals surface area contributed by atoms with Crippen molar-refractivity contribution in [3.63, 3.8) is 0 Å². The van der Waals surface area contributed by atoms with Gasteiger partial charge in [0, 0.05) is 17.5 Å². The van der Waals surface area contributed by atoms with Gasteiger partial charge in [0.2, 0.25) is 5.82 Å². The number of amides is 2. The van der Waals surface area contributed by atoms with Gasteiger partial charge in [0.25, 0.3) is 5.56 Å². The predicted molar refractivity (Wildman–Crippen MR) is 82.0 cm³/mol. The van der Waals surface area contributed by atoms with Gasteiger partial charge in [0.1, 0.15) is 5.82 Å². The summed E-state index contributed by atoms with van der Waals surface area (Å²) in [4.78, 5) is 26.8. The number of nitrogens with two attached hydrogens (primary N) is 1. The van der Waals surface area contributed by atoms with Gasteiger partial charge in [-0.25, -0.2) is 14.2 Å². The van der Waals surface area contributed by atoms with Gasteiger partial charge in [0.15, 0.2) is 0 Å². The van der Waals surface area contributed by atoms with E-state index in [1.54, 1.807) is 0 Å². The van der Waals surface area contributed by atoms with Crippen LogP contribution in [0.15, 0.2) is 23.1 Å². The summed E-state index contributed by atoms with van der Waals surface area (Å²) in [7, 11) is 0. The van der Waals surface area contributed by atoms with Crippen LogP contribution in [0.3, 0.4) is 0 Å². The van der Waals surface area contributed by atoms with Crippen LogP contribution >= 0.6 is 11.6 Å². The zero-order chi connectivity index (χ0) is 18.9. The van der Waals surface area contributed by atoms with E-state index in [2.05, 4.69) is 4.98 Å². The fourth-order valence-electron chi connectivity index (χ4n) is 2.06. The highest BCUT2D eigenvalue weighted by Gasteiger charge is 2.32. The molecule has 0 aliphatic rings. The summed E-state index contributed by atoms with van der Waals surface area (Å²) in [6.45, 7) is 0.895. The Labute approximate surface area is 143 Å². The first-order valence-electron chi connectivity index (χ1n) is 6.68. The molecule has 2 rings (SSSR count). The van der Waals surface area contributed by atoms with E-state index in [-0.39, 0.29) is 5.69 Å². The Morgan fingerprint density at radius 3 is 2.60 bits per heavy atom. The minimum Gasteiger partial charge on any atom is -0.351 e. The maximum Gasteiger partial charge on any atom is 0.416 e. The van der Waals surface area contributed by atoms with E-state index in [1.165, 1.54) is 13.1 Å². The van der Waals surface area contributed by atoms with Crippen LogP contribution in [-0.4, -0.2) is 15.6 Å². The van der Waals surface area contributed by atoms with Crippen LogP contribution in [0.5, 0.6) is 0 Å². The fourth-order valence-corrected chi connectivity index (χ4v) is 2.30.